The maximum absolute atomic E-state index is 13.6. The molecular weight excluding hydrogens is 409 g/mol. The maximum Gasteiger partial charge on any atom is 0.453 e. The first-order valence-corrected chi connectivity index (χ1v) is 10.0. The zero-order valence-corrected chi connectivity index (χ0v) is 16.9. The molecule has 4 rings (SSSR count). The van der Waals surface area contributed by atoms with Gasteiger partial charge in [0.25, 0.3) is 5.82 Å². The molecule has 31 heavy (non-hydrogen) atoms. The Morgan fingerprint density at radius 1 is 1.13 bits per heavy atom. The Morgan fingerprint density at radius 3 is 2.61 bits per heavy atom. The number of hydrogen-bond acceptors (Lipinski definition) is 6. The van der Waals surface area contributed by atoms with Gasteiger partial charge in [-0.1, -0.05) is 48.5 Å². The molecule has 0 unspecified atom stereocenters. The Balaban J connectivity index is 1.75. The highest BCUT2D eigenvalue weighted by atomic mass is 19.4. The van der Waals surface area contributed by atoms with E-state index in [0.29, 0.717) is 11.3 Å². The summed E-state index contributed by atoms with van der Waals surface area (Å²) in [5.41, 5.74) is 1.58. The summed E-state index contributed by atoms with van der Waals surface area (Å²) in [7, 11) is 1.48. The molecule has 0 bridgehead atoms. The molecular formula is C21H23F3N6O. The molecule has 1 saturated heterocycles. The molecule has 0 amide bonds. The van der Waals surface area contributed by atoms with E-state index < -0.39 is 18.2 Å². The monoisotopic (exact) mass is 432 g/mol. The molecule has 10 heteroatoms. The van der Waals surface area contributed by atoms with Crippen LogP contribution in [0.1, 0.15) is 42.0 Å². The normalized spacial score (nSPS) is 20.4. The zero-order chi connectivity index (χ0) is 21.8. The van der Waals surface area contributed by atoms with Crippen molar-refractivity contribution in [2.45, 2.75) is 37.3 Å². The van der Waals surface area contributed by atoms with E-state index in [4.69, 9.17) is 4.74 Å². The van der Waals surface area contributed by atoms with Gasteiger partial charge in [-0.15, -0.1) is 5.10 Å². The molecule has 0 spiro atoms. The van der Waals surface area contributed by atoms with E-state index in [9.17, 15) is 13.2 Å². The van der Waals surface area contributed by atoms with Crippen LogP contribution in [0.25, 0.3) is 0 Å². The highest BCUT2D eigenvalue weighted by molar-refractivity contribution is 5.36. The topological polar surface area (TPSA) is 76.9 Å². The van der Waals surface area contributed by atoms with Crippen LogP contribution in [0.5, 0.6) is 5.75 Å². The first kappa shape index (κ1) is 21.3. The summed E-state index contributed by atoms with van der Waals surface area (Å²) >= 11 is 0. The Hall–Kier alpha value is -2.98. The fourth-order valence-electron chi connectivity index (χ4n) is 4.02. The second-order valence-electron chi connectivity index (χ2n) is 7.35. The first-order valence-electron chi connectivity index (χ1n) is 10.0. The van der Waals surface area contributed by atoms with Gasteiger partial charge in [-0.3, -0.25) is 5.32 Å². The third-order valence-corrected chi connectivity index (χ3v) is 5.41. The maximum atomic E-state index is 13.6. The van der Waals surface area contributed by atoms with E-state index in [0.717, 1.165) is 29.6 Å². The molecule has 2 aromatic carbocycles. The largest absolute Gasteiger partial charge is 0.496 e. The molecule has 2 N–H and O–H groups in total. The van der Waals surface area contributed by atoms with Crippen molar-refractivity contribution in [1.82, 2.24) is 30.8 Å². The number of ether oxygens (including phenoxy) is 1. The van der Waals surface area contributed by atoms with Gasteiger partial charge < -0.3 is 10.1 Å². The summed E-state index contributed by atoms with van der Waals surface area (Å²) in [6.07, 6.45) is -4.00. The van der Waals surface area contributed by atoms with Crippen molar-refractivity contribution < 1.29 is 17.9 Å². The van der Waals surface area contributed by atoms with E-state index in [1.165, 1.54) is 7.11 Å². The molecule has 7 nitrogen and oxygen atoms in total. The number of rotatable bonds is 6. The molecule has 1 aliphatic heterocycles. The molecule has 0 aliphatic carbocycles. The van der Waals surface area contributed by atoms with Crippen LogP contribution in [0, 0.1) is 0 Å². The van der Waals surface area contributed by atoms with Gasteiger partial charge in [0.2, 0.25) is 0 Å². The number of alkyl halides is 3. The Morgan fingerprint density at radius 2 is 1.87 bits per heavy atom. The molecule has 1 aliphatic rings. The summed E-state index contributed by atoms with van der Waals surface area (Å²) in [6.45, 7) is 0.829. The number of nitrogens with one attached hydrogen (secondary N) is 2. The average Bonchev–Trinajstić information content (AvgIpc) is 3.29. The predicted octanol–water partition coefficient (Wildman–Crippen LogP) is 3.33. The highest BCUT2D eigenvalue weighted by Crippen LogP contribution is 2.34. The number of nitrogens with zero attached hydrogens (tertiary/aromatic N) is 4. The number of tetrazole rings is 1. The smallest absolute Gasteiger partial charge is 0.453 e. The Labute approximate surface area is 177 Å². The van der Waals surface area contributed by atoms with Crippen molar-refractivity contribution in [2.24, 2.45) is 0 Å². The molecule has 2 heterocycles. The predicted molar refractivity (Wildman–Crippen MR) is 107 cm³/mol. The Kier molecular flexibility index (Phi) is 6.19. The summed E-state index contributed by atoms with van der Waals surface area (Å²) in [5, 5.41) is 17.1. The van der Waals surface area contributed by atoms with Crippen LogP contribution >= 0.6 is 0 Å². The van der Waals surface area contributed by atoms with Gasteiger partial charge in [-0.05, 0) is 41.4 Å². The average molecular weight is 432 g/mol. The number of benzene rings is 2. The van der Waals surface area contributed by atoms with E-state index >= 15 is 0 Å². The summed E-state index contributed by atoms with van der Waals surface area (Å²) in [6, 6.07) is 16.5. The molecule has 0 radical (unpaired) electrons. The number of halogens is 3. The minimum atomic E-state index is -4.70. The molecule has 3 aromatic rings. The fraction of sp³-hybridized carbons (Fsp3) is 0.381. The van der Waals surface area contributed by atoms with E-state index in [1.54, 1.807) is 24.3 Å². The van der Waals surface area contributed by atoms with Crippen molar-refractivity contribution in [3.8, 4) is 5.75 Å². The van der Waals surface area contributed by atoms with Crippen molar-refractivity contribution in [2.75, 3.05) is 13.7 Å². The summed E-state index contributed by atoms with van der Waals surface area (Å²) in [4.78, 5) is 0. The third-order valence-electron chi connectivity index (χ3n) is 5.41. The quantitative estimate of drug-likeness (QED) is 0.622. The second kappa shape index (κ2) is 9.03. The van der Waals surface area contributed by atoms with Crippen molar-refractivity contribution in [1.29, 1.82) is 0 Å². The van der Waals surface area contributed by atoms with Crippen LogP contribution in [-0.2, 0) is 6.18 Å². The van der Waals surface area contributed by atoms with Crippen LogP contribution in [0.4, 0.5) is 13.2 Å². The zero-order valence-electron chi connectivity index (χ0n) is 16.9. The standard InChI is InChI=1S/C21H23F3N6O/c1-31-17-12-6-5-10-15(17)19(30-20(21(22,23)24)27-28-29-30)26-16-11-7-13-25-18(16)14-8-3-2-4-9-14/h2-6,8-10,12,16,18-19,25-26H,7,11,13H2,1H3/t16-,18-,19-/m0/s1. The minimum Gasteiger partial charge on any atom is -0.496 e. The SMILES string of the molecule is COc1ccccc1[C@@H](N[C@H]1CCCN[C@H]1c1ccccc1)n1nnnc1C(F)(F)F. The fourth-order valence-corrected chi connectivity index (χ4v) is 4.02. The van der Waals surface area contributed by atoms with Gasteiger partial charge in [0.15, 0.2) is 0 Å². The lowest BCUT2D eigenvalue weighted by Gasteiger charge is -2.36. The van der Waals surface area contributed by atoms with Crippen LogP contribution in [-0.4, -0.2) is 39.9 Å². The molecule has 164 valence electrons. The van der Waals surface area contributed by atoms with E-state index in [2.05, 4.69) is 26.2 Å². The van der Waals surface area contributed by atoms with Crippen LogP contribution < -0.4 is 15.4 Å². The van der Waals surface area contributed by atoms with Crippen molar-refractivity contribution in [3.05, 3.63) is 71.5 Å². The van der Waals surface area contributed by atoms with E-state index in [-0.39, 0.29) is 12.1 Å². The van der Waals surface area contributed by atoms with Crippen molar-refractivity contribution in [3.63, 3.8) is 0 Å². The number of hydrogen-bond donors (Lipinski definition) is 2. The molecule has 1 aromatic heterocycles. The summed E-state index contributed by atoms with van der Waals surface area (Å²) in [5.74, 6) is -0.723. The van der Waals surface area contributed by atoms with Crippen LogP contribution in [0.3, 0.4) is 0 Å². The summed E-state index contributed by atoms with van der Waals surface area (Å²) < 4.78 is 47.1. The number of para-hydroxylation sites is 1. The lowest BCUT2D eigenvalue weighted by atomic mass is 9.91. The van der Waals surface area contributed by atoms with Gasteiger partial charge in [-0.25, -0.2) is 0 Å². The van der Waals surface area contributed by atoms with Gasteiger partial charge >= 0.3 is 6.18 Å². The van der Waals surface area contributed by atoms with Gasteiger partial charge in [0.1, 0.15) is 11.9 Å². The van der Waals surface area contributed by atoms with Gasteiger partial charge in [0, 0.05) is 17.6 Å². The van der Waals surface area contributed by atoms with E-state index in [1.807, 2.05) is 30.3 Å². The minimum absolute atomic E-state index is 0.0713. The second-order valence-corrected chi connectivity index (χ2v) is 7.35. The van der Waals surface area contributed by atoms with Crippen LogP contribution in [0.15, 0.2) is 54.6 Å². The first-order chi connectivity index (χ1) is 15.0. The lowest BCUT2D eigenvalue weighted by Crippen LogP contribution is -2.49. The lowest BCUT2D eigenvalue weighted by molar-refractivity contribution is -0.148. The number of methoxy groups -OCH3 is 1. The third kappa shape index (κ3) is 4.54. The molecule has 3 atom stereocenters. The molecule has 0 saturated carbocycles. The van der Waals surface area contributed by atoms with Gasteiger partial charge in [-0.2, -0.15) is 17.9 Å². The number of aromatic nitrogens is 4. The van der Waals surface area contributed by atoms with Crippen LogP contribution in [0.2, 0.25) is 0 Å². The van der Waals surface area contributed by atoms with Gasteiger partial charge in [0.05, 0.1) is 7.11 Å². The highest BCUT2D eigenvalue weighted by Gasteiger charge is 2.41. The van der Waals surface area contributed by atoms with Crippen molar-refractivity contribution >= 4 is 0 Å². The number of piperidine rings is 1. The Bertz CT molecular complexity index is 994. The molecule has 1 fully saturated rings.